The average Bonchev–Trinajstić information content (AvgIpc) is 3.24. The highest BCUT2D eigenvalue weighted by Crippen LogP contribution is 2.25. The number of hydrogen-bond donors (Lipinski definition) is 2. The molecule has 28 heavy (non-hydrogen) atoms. The summed E-state index contributed by atoms with van der Waals surface area (Å²) in [5.41, 5.74) is 1.62. The van der Waals surface area contributed by atoms with Gasteiger partial charge in [-0.3, -0.25) is 9.59 Å². The third kappa shape index (κ3) is 4.58. The van der Waals surface area contributed by atoms with Crippen LogP contribution in [0.4, 0.5) is 0 Å². The maximum Gasteiger partial charge on any atom is 0.252 e. The Morgan fingerprint density at radius 1 is 1.11 bits per heavy atom. The van der Waals surface area contributed by atoms with Gasteiger partial charge in [-0.1, -0.05) is 24.3 Å². The number of carbonyl (C=O) groups excluding carboxylic acids is 2. The fraction of sp³-hybridized carbons (Fsp3) is 0.273. The molecule has 1 unspecified atom stereocenters. The van der Waals surface area contributed by atoms with Crippen molar-refractivity contribution in [1.29, 1.82) is 0 Å². The van der Waals surface area contributed by atoms with Crippen molar-refractivity contribution in [3.05, 3.63) is 65.2 Å². The van der Waals surface area contributed by atoms with E-state index >= 15 is 0 Å². The van der Waals surface area contributed by atoms with E-state index in [1.165, 1.54) is 13.2 Å². The van der Waals surface area contributed by atoms with Crippen molar-refractivity contribution in [3.8, 4) is 11.5 Å². The van der Waals surface area contributed by atoms with Gasteiger partial charge in [-0.15, -0.1) is 0 Å². The molecule has 0 spiro atoms. The first-order valence-electron chi connectivity index (χ1n) is 9.17. The van der Waals surface area contributed by atoms with Crippen LogP contribution in [-0.2, 0) is 0 Å². The summed E-state index contributed by atoms with van der Waals surface area (Å²) in [6.45, 7) is 1.68. The summed E-state index contributed by atoms with van der Waals surface area (Å²) in [5, 5.41) is 6.26. The molecule has 1 fully saturated rings. The summed E-state index contributed by atoms with van der Waals surface area (Å²) in [4.78, 5) is 25.3. The molecular weight excluding hydrogens is 356 g/mol. The largest absolute Gasteiger partial charge is 0.497 e. The Hall–Kier alpha value is -3.12. The standard InChI is InChI=1S/C22H24N2O4/c1-27-17-8-10-21(28-2)19(13-17)20(25)9-7-15-5-3-4-6-18(15)22(26)24-16-11-12-23-14-16/h3-10,13,16,23H,11-12,14H2,1-2H3,(H,24,26). The Bertz CT molecular complexity index is 886. The zero-order valence-corrected chi connectivity index (χ0v) is 16.0. The van der Waals surface area contributed by atoms with Gasteiger partial charge < -0.3 is 20.1 Å². The molecule has 2 aromatic carbocycles. The maximum absolute atomic E-state index is 12.7. The van der Waals surface area contributed by atoms with E-state index in [1.807, 2.05) is 18.2 Å². The SMILES string of the molecule is COc1ccc(OC)c(C(=O)C=Cc2ccccc2C(=O)NC2CCNC2)c1. The van der Waals surface area contributed by atoms with Crippen LogP contribution in [0.3, 0.4) is 0 Å². The van der Waals surface area contributed by atoms with Crippen LogP contribution in [0.1, 0.15) is 32.7 Å². The highest BCUT2D eigenvalue weighted by Gasteiger charge is 2.19. The zero-order valence-electron chi connectivity index (χ0n) is 16.0. The molecule has 0 aromatic heterocycles. The molecule has 6 heteroatoms. The number of ether oxygens (including phenoxy) is 2. The number of carbonyl (C=O) groups is 2. The van der Waals surface area contributed by atoms with Gasteiger partial charge in [0.05, 0.1) is 19.8 Å². The van der Waals surface area contributed by atoms with Crippen LogP contribution in [0.5, 0.6) is 11.5 Å². The Kier molecular flexibility index (Phi) is 6.45. The first-order valence-corrected chi connectivity index (χ1v) is 9.17. The van der Waals surface area contributed by atoms with Crippen molar-refractivity contribution < 1.29 is 19.1 Å². The Morgan fingerprint density at radius 3 is 2.64 bits per heavy atom. The molecule has 0 saturated carbocycles. The number of methoxy groups -OCH3 is 2. The molecule has 3 rings (SSSR count). The van der Waals surface area contributed by atoms with E-state index in [1.54, 1.807) is 37.5 Å². The smallest absolute Gasteiger partial charge is 0.252 e. The van der Waals surface area contributed by atoms with Gasteiger partial charge in [0, 0.05) is 18.2 Å². The number of ketones is 1. The fourth-order valence-electron chi connectivity index (χ4n) is 3.15. The van der Waals surface area contributed by atoms with Gasteiger partial charge >= 0.3 is 0 Å². The molecule has 1 saturated heterocycles. The topological polar surface area (TPSA) is 76.7 Å². The quantitative estimate of drug-likeness (QED) is 0.571. The molecule has 0 radical (unpaired) electrons. The van der Waals surface area contributed by atoms with Crippen LogP contribution >= 0.6 is 0 Å². The van der Waals surface area contributed by atoms with Crippen LogP contribution in [0.2, 0.25) is 0 Å². The summed E-state index contributed by atoms with van der Waals surface area (Å²) in [5.74, 6) is 0.670. The number of rotatable bonds is 7. The van der Waals surface area contributed by atoms with Crippen LogP contribution in [0.15, 0.2) is 48.5 Å². The van der Waals surface area contributed by atoms with E-state index in [0.29, 0.717) is 28.2 Å². The maximum atomic E-state index is 12.7. The minimum atomic E-state index is -0.231. The lowest BCUT2D eigenvalue weighted by Gasteiger charge is -2.12. The highest BCUT2D eigenvalue weighted by molar-refractivity contribution is 6.09. The number of amides is 1. The second kappa shape index (κ2) is 9.19. The van der Waals surface area contributed by atoms with Crippen LogP contribution in [0.25, 0.3) is 6.08 Å². The van der Waals surface area contributed by atoms with Gasteiger partial charge in [0.2, 0.25) is 0 Å². The summed E-state index contributed by atoms with van der Waals surface area (Å²) in [7, 11) is 3.06. The van der Waals surface area contributed by atoms with Gasteiger partial charge in [-0.25, -0.2) is 0 Å². The third-order valence-corrected chi connectivity index (χ3v) is 4.69. The Labute approximate surface area is 164 Å². The lowest BCUT2D eigenvalue weighted by Crippen LogP contribution is -2.36. The van der Waals surface area contributed by atoms with E-state index in [0.717, 1.165) is 19.5 Å². The predicted molar refractivity (Wildman–Crippen MR) is 108 cm³/mol. The number of benzene rings is 2. The molecule has 1 aliphatic heterocycles. The lowest BCUT2D eigenvalue weighted by atomic mass is 10.0. The van der Waals surface area contributed by atoms with E-state index < -0.39 is 0 Å². The van der Waals surface area contributed by atoms with Gasteiger partial charge in [-0.05, 0) is 48.9 Å². The molecule has 0 bridgehead atoms. The van der Waals surface area contributed by atoms with Gasteiger partial charge in [-0.2, -0.15) is 0 Å². The van der Waals surface area contributed by atoms with E-state index in [-0.39, 0.29) is 17.7 Å². The van der Waals surface area contributed by atoms with Crippen LogP contribution < -0.4 is 20.1 Å². The zero-order chi connectivity index (χ0) is 19.9. The first kappa shape index (κ1) is 19.6. The molecule has 2 aromatic rings. The Balaban J connectivity index is 1.81. The molecule has 0 aliphatic carbocycles. The van der Waals surface area contributed by atoms with E-state index in [2.05, 4.69) is 10.6 Å². The third-order valence-electron chi connectivity index (χ3n) is 4.69. The molecule has 1 heterocycles. The summed E-state index contributed by atoms with van der Waals surface area (Å²) >= 11 is 0. The van der Waals surface area contributed by atoms with Gasteiger partial charge in [0.15, 0.2) is 5.78 Å². The molecule has 6 nitrogen and oxygen atoms in total. The van der Waals surface area contributed by atoms with Crippen molar-refractivity contribution >= 4 is 17.8 Å². The van der Waals surface area contributed by atoms with E-state index in [9.17, 15) is 9.59 Å². The van der Waals surface area contributed by atoms with Crippen molar-refractivity contribution in [2.45, 2.75) is 12.5 Å². The summed E-state index contributed by atoms with van der Waals surface area (Å²) in [6, 6.07) is 12.4. The lowest BCUT2D eigenvalue weighted by molar-refractivity contribution is 0.0939. The van der Waals surface area contributed by atoms with E-state index in [4.69, 9.17) is 9.47 Å². The van der Waals surface area contributed by atoms with Crippen LogP contribution in [-0.4, -0.2) is 45.0 Å². The molecular formula is C22H24N2O4. The second-order valence-corrected chi connectivity index (χ2v) is 6.51. The molecule has 1 aliphatic rings. The van der Waals surface area contributed by atoms with Crippen LogP contribution in [0, 0.1) is 0 Å². The van der Waals surface area contributed by atoms with Crippen molar-refractivity contribution in [2.24, 2.45) is 0 Å². The predicted octanol–water partition coefficient (Wildman–Crippen LogP) is 2.69. The second-order valence-electron chi connectivity index (χ2n) is 6.51. The minimum absolute atomic E-state index is 0.132. The Morgan fingerprint density at radius 2 is 1.93 bits per heavy atom. The molecule has 1 atom stereocenters. The van der Waals surface area contributed by atoms with Crippen molar-refractivity contribution in [2.75, 3.05) is 27.3 Å². The molecule has 2 N–H and O–H groups in total. The summed E-state index contributed by atoms with van der Waals surface area (Å²) < 4.78 is 10.5. The van der Waals surface area contributed by atoms with Gasteiger partial charge in [0.25, 0.3) is 5.91 Å². The van der Waals surface area contributed by atoms with Crippen molar-refractivity contribution in [3.63, 3.8) is 0 Å². The average molecular weight is 380 g/mol. The monoisotopic (exact) mass is 380 g/mol. The normalized spacial score (nSPS) is 16.1. The molecule has 1 amide bonds. The number of nitrogens with one attached hydrogen (secondary N) is 2. The number of hydrogen-bond acceptors (Lipinski definition) is 5. The fourth-order valence-corrected chi connectivity index (χ4v) is 3.15. The summed E-state index contributed by atoms with van der Waals surface area (Å²) in [6.07, 6.45) is 4.02. The minimum Gasteiger partial charge on any atom is -0.497 e. The number of allylic oxidation sites excluding steroid dienone is 1. The van der Waals surface area contributed by atoms with Crippen molar-refractivity contribution in [1.82, 2.24) is 10.6 Å². The van der Waals surface area contributed by atoms with Gasteiger partial charge in [0.1, 0.15) is 11.5 Å². The highest BCUT2D eigenvalue weighted by atomic mass is 16.5. The first-order chi connectivity index (χ1) is 13.6. The molecule has 146 valence electrons.